The normalized spacial score (nSPS) is 15.1. The van der Waals surface area contributed by atoms with Crippen LogP contribution in [0.5, 0.6) is 0 Å². The van der Waals surface area contributed by atoms with E-state index in [0.717, 1.165) is 12.4 Å². The number of ether oxygens (including phenoxy) is 1. The Bertz CT molecular complexity index is 441. The highest BCUT2D eigenvalue weighted by molar-refractivity contribution is 5.79. The summed E-state index contributed by atoms with van der Waals surface area (Å²) in [6.07, 6.45) is -2.00. The largest absolute Gasteiger partial charge is 0.468 e. The molecule has 0 saturated heterocycles. The second-order valence-corrected chi connectivity index (χ2v) is 4.50. The number of alkyl halides is 3. The lowest BCUT2D eigenvalue weighted by atomic mass is 9.97. The van der Waals surface area contributed by atoms with Crippen LogP contribution in [0.4, 0.5) is 13.2 Å². The minimum Gasteiger partial charge on any atom is -0.468 e. The number of rotatable bonds is 5. The van der Waals surface area contributed by atoms with Crippen molar-refractivity contribution >= 4 is 5.97 Å². The predicted molar refractivity (Wildman–Crippen MR) is 61.1 cm³/mol. The molecule has 1 aromatic heterocycles. The van der Waals surface area contributed by atoms with Gasteiger partial charge in [-0.05, 0) is 19.8 Å². The number of halogens is 3. The average Bonchev–Trinajstić information content (AvgIpc) is 2.76. The van der Waals surface area contributed by atoms with E-state index in [2.05, 4.69) is 9.84 Å². The van der Waals surface area contributed by atoms with Gasteiger partial charge in [-0.25, -0.2) is 0 Å². The molecule has 5 nitrogen and oxygen atoms in total. The fraction of sp³-hybridized carbons (Fsp3) is 0.636. The van der Waals surface area contributed by atoms with E-state index in [-0.39, 0.29) is 6.54 Å². The highest BCUT2D eigenvalue weighted by atomic mass is 19.4. The summed E-state index contributed by atoms with van der Waals surface area (Å²) in [5.74, 6) is -0.552. The summed E-state index contributed by atoms with van der Waals surface area (Å²) >= 11 is 0. The molecule has 0 fully saturated rings. The van der Waals surface area contributed by atoms with Crippen LogP contribution in [0.2, 0.25) is 0 Å². The standard InChI is InChI=1S/C11H16F3N3O2/c1-10(15,9(18)19-2)4-3-5-17-7-8(6-16-17)11(12,13)14/h6-7H,3-5,15H2,1-2H3. The van der Waals surface area contributed by atoms with Crippen molar-refractivity contribution in [2.75, 3.05) is 7.11 Å². The van der Waals surface area contributed by atoms with Crippen LogP contribution in [0.1, 0.15) is 25.3 Å². The van der Waals surface area contributed by atoms with Gasteiger partial charge in [0.1, 0.15) is 5.54 Å². The molecule has 108 valence electrons. The first-order valence-corrected chi connectivity index (χ1v) is 5.64. The van der Waals surface area contributed by atoms with Crippen LogP contribution in [0.15, 0.2) is 12.4 Å². The lowest BCUT2D eigenvalue weighted by molar-refractivity contribution is -0.146. The highest BCUT2D eigenvalue weighted by Crippen LogP contribution is 2.28. The van der Waals surface area contributed by atoms with E-state index in [1.54, 1.807) is 0 Å². The number of nitrogens with zero attached hydrogens (tertiary/aromatic N) is 2. The van der Waals surface area contributed by atoms with Gasteiger partial charge in [0.05, 0.1) is 18.9 Å². The van der Waals surface area contributed by atoms with Gasteiger partial charge in [0.2, 0.25) is 0 Å². The molecule has 0 radical (unpaired) electrons. The van der Waals surface area contributed by atoms with Crippen molar-refractivity contribution < 1.29 is 22.7 Å². The van der Waals surface area contributed by atoms with Crippen molar-refractivity contribution in [2.24, 2.45) is 5.73 Å². The molecule has 0 saturated carbocycles. The van der Waals surface area contributed by atoms with Crippen LogP contribution in [-0.2, 0) is 22.3 Å². The molecule has 0 aliphatic carbocycles. The van der Waals surface area contributed by atoms with Crippen LogP contribution in [0, 0.1) is 0 Å². The van der Waals surface area contributed by atoms with Crippen molar-refractivity contribution in [1.82, 2.24) is 9.78 Å². The molecular weight excluding hydrogens is 263 g/mol. The Hall–Kier alpha value is -1.57. The third-order valence-corrected chi connectivity index (χ3v) is 2.70. The lowest BCUT2D eigenvalue weighted by Gasteiger charge is -2.20. The Morgan fingerprint density at radius 1 is 1.53 bits per heavy atom. The van der Waals surface area contributed by atoms with E-state index in [1.165, 1.54) is 18.7 Å². The lowest BCUT2D eigenvalue weighted by Crippen LogP contribution is -2.45. The van der Waals surface area contributed by atoms with Gasteiger partial charge in [0.15, 0.2) is 0 Å². The molecule has 19 heavy (non-hydrogen) atoms. The summed E-state index contributed by atoms with van der Waals surface area (Å²) in [5.41, 5.74) is 3.79. The van der Waals surface area contributed by atoms with Gasteiger partial charge in [-0.2, -0.15) is 18.3 Å². The van der Waals surface area contributed by atoms with E-state index in [9.17, 15) is 18.0 Å². The summed E-state index contributed by atoms with van der Waals surface area (Å²) in [4.78, 5) is 11.3. The van der Waals surface area contributed by atoms with Gasteiger partial charge in [0.25, 0.3) is 0 Å². The summed E-state index contributed by atoms with van der Waals surface area (Å²) in [5, 5.41) is 3.61. The van der Waals surface area contributed by atoms with Crippen LogP contribution in [0.3, 0.4) is 0 Å². The predicted octanol–water partition coefficient (Wildman–Crippen LogP) is 1.57. The quantitative estimate of drug-likeness (QED) is 0.831. The summed E-state index contributed by atoms with van der Waals surface area (Å²) < 4.78 is 42.7. The minimum absolute atomic E-state index is 0.250. The molecule has 0 amide bonds. The van der Waals surface area contributed by atoms with E-state index < -0.39 is 23.2 Å². The zero-order valence-electron chi connectivity index (χ0n) is 10.7. The monoisotopic (exact) mass is 279 g/mol. The van der Waals surface area contributed by atoms with Gasteiger partial charge < -0.3 is 10.5 Å². The highest BCUT2D eigenvalue weighted by Gasteiger charge is 2.32. The molecule has 0 aliphatic heterocycles. The number of methoxy groups -OCH3 is 1. The average molecular weight is 279 g/mol. The van der Waals surface area contributed by atoms with Crippen LogP contribution in [0.25, 0.3) is 0 Å². The summed E-state index contributed by atoms with van der Waals surface area (Å²) in [6, 6.07) is 0. The van der Waals surface area contributed by atoms with Gasteiger partial charge in [-0.1, -0.05) is 0 Å². The van der Waals surface area contributed by atoms with Gasteiger partial charge >= 0.3 is 12.1 Å². The molecular formula is C11H16F3N3O2. The third-order valence-electron chi connectivity index (χ3n) is 2.70. The smallest absolute Gasteiger partial charge is 0.419 e. The molecule has 1 unspecified atom stereocenters. The van der Waals surface area contributed by atoms with Crippen LogP contribution >= 0.6 is 0 Å². The molecule has 1 atom stereocenters. The van der Waals surface area contributed by atoms with Crippen molar-refractivity contribution in [3.8, 4) is 0 Å². The molecule has 1 rings (SSSR count). The molecule has 0 aliphatic rings. The zero-order chi connectivity index (χ0) is 14.7. The maximum absolute atomic E-state index is 12.3. The van der Waals surface area contributed by atoms with Gasteiger partial charge in [-0.15, -0.1) is 0 Å². The second kappa shape index (κ2) is 5.60. The van der Waals surface area contributed by atoms with E-state index in [4.69, 9.17) is 5.73 Å². The summed E-state index contributed by atoms with van der Waals surface area (Å²) in [7, 11) is 1.23. The zero-order valence-corrected chi connectivity index (χ0v) is 10.7. The Morgan fingerprint density at radius 3 is 2.63 bits per heavy atom. The summed E-state index contributed by atoms with van der Waals surface area (Å²) in [6.45, 7) is 1.77. The number of aryl methyl sites for hydroxylation is 1. The first-order chi connectivity index (χ1) is 8.66. The number of carbonyl (C=O) groups is 1. The van der Waals surface area contributed by atoms with Crippen LogP contribution < -0.4 is 5.73 Å². The minimum atomic E-state index is -4.40. The number of carbonyl (C=O) groups excluding carboxylic acids is 1. The van der Waals surface area contributed by atoms with Crippen LogP contribution in [-0.4, -0.2) is 28.4 Å². The molecule has 8 heteroatoms. The number of esters is 1. The van der Waals surface area contributed by atoms with Gasteiger partial charge in [-0.3, -0.25) is 9.48 Å². The van der Waals surface area contributed by atoms with Crippen molar-refractivity contribution in [3.63, 3.8) is 0 Å². The number of hydrogen-bond donors (Lipinski definition) is 1. The molecule has 0 spiro atoms. The third kappa shape index (κ3) is 4.23. The first kappa shape index (κ1) is 15.5. The Morgan fingerprint density at radius 2 is 2.16 bits per heavy atom. The number of hydrogen-bond acceptors (Lipinski definition) is 4. The Labute approximate surface area is 108 Å². The topological polar surface area (TPSA) is 70.1 Å². The molecule has 2 N–H and O–H groups in total. The van der Waals surface area contributed by atoms with Gasteiger partial charge in [0, 0.05) is 12.7 Å². The molecule has 0 aromatic carbocycles. The number of aromatic nitrogens is 2. The second-order valence-electron chi connectivity index (χ2n) is 4.50. The fourth-order valence-electron chi connectivity index (χ4n) is 1.58. The maximum Gasteiger partial charge on any atom is 0.419 e. The maximum atomic E-state index is 12.3. The Balaban J connectivity index is 2.50. The van der Waals surface area contributed by atoms with Crippen molar-refractivity contribution in [3.05, 3.63) is 18.0 Å². The molecule has 0 bridgehead atoms. The molecule has 1 heterocycles. The number of nitrogens with two attached hydrogens (primary N) is 1. The van der Waals surface area contributed by atoms with E-state index >= 15 is 0 Å². The molecule has 1 aromatic rings. The Kier molecular flexibility index (Phi) is 4.56. The fourth-order valence-corrected chi connectivity index (χ4v) is 1.58. The van der Waals surface area contributed by atoms with E-state index in [1.807, 2.05) is 0 Å². The van der Waals surface area contributed by atoms with E-state index in [0.29, 0.717) is 12.8 Å². The SMILES string of the molecule is COC(=O)C(C)(N)CCCn1cc(C(F)(F)F)cn1. The first-order valence-electron chi connectivity index (χ1n) is 5.64. The van der Waals surface area contributed by atoms with Crippen molar-refractivity contribution in [2.45, 2.75) is 38.0 Å². The van der Waals surface area contributed by atoms with Crippen molar-refractivity contribution in [1.29, 1.82) is 0 Å².